The topological polar surface area (TPSA) is 68.5 Å². The van der Waals surface area contributed by atoms with Crippen molar-refractivity contribution < 1.29 is 9.53 Å². The largest absolute Gasteiger partial charge is 0.447 e. The van der Waals surface area contributed by atoms with Gasteiger partial charge >= 0.3 is 6.09 Å². The van der Waals surface area contributed by atoms with Crippen molar-refractivity contribution in [2.75, 3.05) is 6.54 Å². The van der Waals surface area contributed by atoms with Crippen LogP contribution in [0.3, 0.4) is 0 Å². The molecule has 2 N–H and O–H groups in total. The van der Waals surface area contributed by atoms with Crippen LogP contribution < -0.4 is 5.73 Å². The summed E-state index contributed by atoms with van der Waals surface area (Å²) in [6, 6.07) is 5.68. The van der Waals surface area contributed by atoms with Crippen molar-refractivity contribution in [3.8, 4) is 0 Å². The maximum atomic E-state index is 12.2. The first kappa shape index (κ1) is 16.2. The highest BCUT2D eigenvalue weighted by atomic mass is 79.9. The van der Waals surface area contributed by atoms with Crippen LogP contribution in [0.1, 0.15) is 32.4 Å². The highest BCUT2D eigenvalue weighted by molar-refractivity contribution is 9.10. The number of pyridine rings is 1. The molecule has 1 fully saturated rings. The average molecular weight is 356 g/mol. The summed E-state index contributed by atoms with van der Waals surface area (Å²) >= 11 is 3.37. The Morgan fingerprint density at radius 3 is 3.00 bits per heavy atom. The highest BCUT2D eigenvalue weighted by Crippen LogP contribution is 2.21. The van der Waals surface area contributed by atoms with Gasteiger partial charge in [-0.2, -0.15) is 0 Å². The molecule has 116 valence electrons. The first-order valence-electron chi connectivity index (χ1n) is 7.31. The molecule has 21 heavy (non-hydrogen) atoms. The molecule has 5 nitrogen and oxygen atoms in total. The molecule has 1 aromatic heterocycles. The Morgan fingerprint density at radius 2 is 2.33 bits per heavy atom. The van der Waals surface area contributed by atoms with Gasteiger partial charge in [-0.3, -0.25) is 0 Å². The Bertz CT molecular complexity index is 496. The molecular weight excluding hydrogens is 334 g/mol. The molecule has 0 radical (unpaired) electrons. The van der Waals surface area contributed by atoms with Gasteiger partial charge in [0.25, 0.3) is 0 Å². The second kappa shape index (κ2) is 7.22. The Morgan fingerprint density at radius 1 is 1.57 bits per heavy atom. The van der Waals surface area contributed by atoms with Gasteiger partial charge in [0, 0.05) is 24.7 Å². The van der Waals surface area contributed by atoms with Crippen molar-refractivity contribution >= 4 is 22.0 Å². The number of rotatable bonds is 3. The zero-order valence-corrected chi connectivity index (χ0v) is 14.0. The fourth-order valence-corrected chi connectivity index (χ4v) is 3.00. The summed E-state index contributed by atoms with van der Waals surface area (Å²) in [5.74, 6) is 0. The van der Waals surface area contributed by atoms with Crippen LogP contribution >= 0.6 is 15.9 Å². The standard InChI is InChI=1S/C15H22BrN3O2/c1-10(2)21-15(20)19-8-4-6-12(17)13(19)9-11-5-3-7-14(16)18-11/h3,5,7,10,12-13H,4,6,8-9,17H2,1-2H3. The smallest absolute Gasteiger partial charge is 0.410 e. The third kappa shape index (κ3) is 4.41. The lowest BCUT2D eigenvalue weighted by Gasteiger charge is -2.39. The third-order valence-corrected chi connectivity index (χ3v) is 4.03. The molecule has 2 atom stereocenters. The van der Waals surface area contributed by atoms with Gasteiger partial charge in [-0.1, -0.05) is 6.07 Å². The highest BCUT2D eigenvalue weighted by Gasteiger charge is 2.33. The van der Waals surface area contributed by atoms with Gasteiger partial charge in [0.05, 0.1) is 12.1 Å². The number of aromatic nitrogens is 1. The summed E-state index contributed by atoms with van der Waals surface area (Å²) in [6.45, 7) is 4.40. The van der Waals surface area contributed by atoms with Gasteiger partial charge in [-0.15, -0.1) is 0 Å². The fraction of sp³-hybridized carbons (Fsp3) is 0.600. The van der Waals surface area contributed by atoms with E-state index < -0.39 is 0 Å². The van der Waals surface area contributed by atoms with E-state index in [0.717, 1.165) is 23.1 Å². The van der Waals surface area contributed by atoms with Crippen molar-refractivity contribution in [2.24, 2.45) is 5.73 Å². The molecule has 1 aromatic rings. The SMILES string of the molecule is CC(C)OC(=O)N1CCCC(N)C1Cc1cccc(Br)n1. The number of piperidine rings is 1. The molecule has 2 rings (SSSR count). The van der Waals surface area contributed by atoms with Crippen molar-refractivity contribution in [2.45, 2.75) is 51.3 Å². The predicted octanol–water partition coefficient (Wildman–Crippen LogP) is 2.72. The summed E-state index contributed by atoms with van der Waals surface area (Å²) < 4.78 is 6.12. The minimum atomic E-state index is -0.278. The molecule has 6 heteroatoms. The third-order valence-electron chi connectivity index (χ3n) is 3.59. The Labute approximate surface area is 134 Å². The molecule has 1 aliphatic rings. The maximum absolute atomic E-state index is 12.2. The number of amides is 1. The van der Waals surface area contributed by atoms with E-state index in [-0.39, 0.29) is 24.3 Å². The summed E-state index contributed by atoms with van der Waals surface area (Å²) in [4.78, 5) is 18.4. The minimum absolute atomic E-state index is 0.0424. The summed E-state index contributed by atoms with van der Waals surface area (Å²) in [6.07, 6.45) is 2.08. The van der Waals surface area contributed by atoms with Crippen LogP contribution in [-0.4, -0.2) is 40.7 Å². The van der Waals surface area contributed by atoms with E-state index in [2.05, 4.69) is 20.9 Å². The molecule has 1 amide bonds. The molecule has 2 unspecified atom stereocenters. The van der Waals surface area contributed by atoms with Crippen LogP contribution in [0.4, 0.5) is 4.79 Å². The second-order valence-corrected chi connectivity index (χ2v) is 6.47. The maximum Gasteiger partial charge on any atom is 0.410 e. The van der Waals surface area contributed by atoms with Crippen LogP contribution in [0.5, 0.6) is 0 Å². The first-order valence-corrected chi connectivity index (χ1v) is 8.11. The van der Waals surface area contributed by atoms with E-state index in [0.29, 0.717) is 13.0 Å². The second-order valence-electron chi connectivity index (χ2n) is 5.66. The molecule has 0 aromatic carbocycles. The van der Waals surface area contributed by atoms with Gasteiger partial charge in [-0.25, -0.2) is 9.78 Å². The van der Waals surface area contributed by atoms with Crippen LogP contribution in [0.2, 0.25) is 0 Å². The van der Waals surface area contributed by atoms with E-state index >= 15 is 0 Å². The van der Waals surface area contributed by atoms with Gasteiger partial charge < -0.3 is 15.4 Å². The zero-order chi connectivity index (χ0) is 15.4. The number of hydrogen-bond donors (Lipinski definition) is 1. The van der Waals surface area contributed by atoms with Crippen LogP contribution in [0.25, 0.3) is 0 Å². The van der Waals surface area contributed by atoms with Gasteiger partial charge in [0.2, 0.25) is 0 Å². The monoisotopic (exact) mass is 355 g/mol. The molecular formula is C15H22BrN3O2. The lowest BCUT2D eigenvalue weighted by molar-refractivity contribution is 0.0477. The quantitative estimate of drug-likeness (QED) is 0.846. The van der Waals surface area contributed by atoms with Crippen LogP contribution in [0, 0.1) is 0 Å². The molecule has 1 aliphatic heterocycles. The molecule has 0 spiro atoms. The Kier molecular flexibility index (Phi) is 5.58. The van der Waals surface area contributed by atoms with E-state index in [4.69, 9.17) is 10.5 Å². The number of hydrogen-bond acceptors (Lipinski definition) is 4. The number of halogens is 1. The van der Waals surface area contributed by atoms with E-state index in [1.165, 1.54) is 0 Å². The van der Waals surface area contributed by atoms with Crippen LogP contribution in [-0.2, 0) is 11.2 Å². The average Bonchev–Trinajstić information content (AvgIpc) is 2.40. The Hall–Kier alpha value is -1.14. The van der Waals surface area contributed by atoms with Crippen molar-refractivity contribution in [3.63, 3.8) is 0 Å². The van der Waals surface area contributed by atoms with Crippen molar-refractivity contribution in [3.05, 3.63) is 28.5 Å². The summed E-state index contributed by atoms with van der Waals surface area (Å²) in [5, 5.41) is 0. The van der Waals surface area contributed by atoms with Crippen molar-refractivity contribution in [1.29, 1.82) is 0 Å². The fourth-order valence-electron chi connectivity index (χ4n) is 2.62. The molecule has 0 bridgehead atoms. The predicted molar refractivity (Wildman–Crippen MR) is 85.0 cm³/mol. The molecule has 1 saturated heterocycles. The van der Waals surface area contributed by atoms with Gasteiger partial charge in [-0.05, 0) is 54.8 Å². The number of ether oxygens (including phenoxy) is 1. The van der Waals surface area contributed by atoms with E-state index in [9.17, 15) is 4.79 Å². The lowest BCUT2D eigenvalue weighted by Crippen LogP contribution is -2.55. The number of likely N-dealkylation sites (tertiary alicyclic amines) is 1. The number of nitrogens with two attached hydrogens (primary N) is 1. The van der Waals surface area contributed by atoms with E-state index in [1.807, 2.05) is 32.0 Å². The molecule has 0 saturated carbocycles. The zero-order valence-electron chi connectivity index (χ0n) is 12.5. The van der Waals surface area contributed by atoms with Crippen LogP contribution in [0.15, 0.2) is 22.8 Å². The minimum Gasteiger partial charge on any atom is -0.447 e. The number of carbonyl (C=O) groups excluding carboxylic acids is 1. The van der Waals surface area contributed by atoms with Crippen molar-refractivity contribution in [1.82, 2.24) is 9.88 Å². The summed E-state index contributed by atoms with van der Waals surface area (Å²) in [5.41, 5.74) is 7.16. The summed E-state index contributed by atoms with van der Waals surface area (Å²) in [7, 11) is 0. The number of carbonyl (C=O) groups is 1. The lowest BCUT2D eigenvalue weighted by atomic mass is 9.93. The van der Waals surface area contributed by atoms with E-state index in [1.54, 1.807) is 4.90 Å². The normalized spacial score (nSPS) is 22.4. The molecule has 2 heterocycles. The Balaban J connectivity index is 2.13. The van der Waals surface area contributed by atoms with Gasteiger partial charge in [0.15, 0.2) is 0 Å². The van der Waals surface area contributed by atoms with Gasteiger partial charge in [0.1, 0.15) is 4.60 Å². The number of nitrogens with zero attached hydrogens (tertiary/aromatic N) is 2. The first-order chi connectivity index (χ1) is 9.97. The molecule has 0 aliphatic carbocycles.